The lowest BCUT2D eigenvalue weighted by Gasteiger charge is -2.29. The van der Waals surface area contributed by atoms with Crippen LogP contribution in [0.4, 0.5) is 0 Å². The predicted octanol–water partition coefficient (Wildman–Crippen LogP) is 3.32. The van der Waals surface area contributed by atoms with Crippen LogP contribution in [0.5, 0.6) is 28.7 Å². The number of methoxy groups -OCH3 is 5. The maximum Gasteiger partial charge on any atom is 0.272 e. The highest BCUT2D eigenvalue weighted by molar-refractivity contribution is 5.93. The van der Waals surface area contributed by atoms with E-state index in [2.05, 4.69) is 10.2 Å². The SMILES string of the molecule is COc1cc2c(cc1OC)CN(C(=O)c1cc(-c3cc(OC)c(OC)c(OC)c3)n[nH]1)CC2. The highest BCUT2D eigenvalue weighted by Gasteiger charge is 2.25. The van der Waals surface area contributed by atoms with Crippen molar-refractivity contribution < 1.29 is 28.5 Å². The van der Waals surface area contributed by atoms with Gasteiger partial charge in [-0.2, -0.15) is 5.10 Å². The molecule has 0 radical (unpaired) electrons. The number of H-pyrrole nitrogens is 1. The molecular formula is C24H27N3O6. The summed E-state index contributed by atoms with van der Waals surface area (Å²) in [6.45, 7) is 1.08. The molecule has 0 saturated carbocycles. The van der Waals surface area contributed by atoms with Crippen LogP contribution in [-0.2, 0) is 13.0 Å². The number of carbonyl (C=O) groups is 1. The molecule has 4 rings (SSSR count). The molecule has 3 aromatic rings. The van der Waals surface area contributed by atoms with Gasteiger partial charge in [0.25, 0.3) is 5.91 Å². The zero-order valence-electron chi connectivity index (χ0n) is 19.4. The lowest BCUT2D eigenvalue weighted by molar-refractivity contribution is 0.0728. The van der Waals surface area contributed by atoms with Gasteiger partial charge >= 0.3 is 0 Å². The van der Waals surface area contributed by atoms with E-state index in [1.54, 1.807) is 58.6 Å². The van der Waals surface area contributed by atoms with E-state index < -0.39 is 0 Å². The van der Waals surface area contributed by atoms with Crippen LogP contribution in [0.25, 0.3) is 11.3 Å². The van der Waals surface area contributed by atoms with Crippen molar-refractivity contribution in [3.8, 4) is 40.0 Å². The van der Waals surface area contributed by atoms with Gasteiger partial charge in [-0.25, -0.2) is 0 Å². The fourth-order valence-corrected chi connectivity index (χ4v) is 4.04. The van der Waals surface area contributed by atoms with Crippen molar-refractivity contribution in [2.45, 2.75) is 13.0 Å². The largest absolute Gasteiger partial charge is 0.493 e. The van der Waals surface area contributed by atoms with Crippen molar-refractivity contribution in [2.75, 3.05) is 42.1 Å². The van der Waals surface area contributed by atoms with Crippen LogP contribution in [0, 0.1) is 0 Å². The van der Waals surface area contributed by atoms with Gasteiger partial charge in [0.2, 0.25) is 5.75 Å². The average molecular weight is 453 g/mol. The minimum Gasteiger partial charge on any atom is -0.493 e. The molecule has 0 aliphatic carbocycles. The minimum absolute atomic E-state index is 0.123. The highest BCUT2D eigenvalue weighted by Crippen LogP contribution is 2.41. The fraction of sp³-hybridized carbons (Fsp3) is 0.333. The van der Waals surface area contributed by atoms with Crippen LogP contribution < -0.4 is 23.7 Å². The number of amides is 1. The molecule has 0 fully saturated rings. The monoisotopic (exact) mass is 453 g/mol. The smallest absolute Gasteiger partial charge is 0.272 e. The van der Waals surface area contributed by atoms with E-state index in [0.29, 0.717) is 53.2 Å². The topological polar surface area (TPSA) is 95.1 Å². The second-order valence-electron chi connectivity index (χ2n) is 7.53. The predicted molar refractivity (Wildman–Crippen MR) is 122 cm³/mol. The van der Waals surface area contributed by atoms with E-state index in [9.17, 15) is 4.79 Å². The molecule has 174 valence electrons. The first-order chi connectivity index (χ1) is 16.0. The quantitative estimate of drug-likeness (QED) is 0.586. The first-order valence-corrected chi connectivity index (χ1v) is 10.4. The van der Waals surface area contributed by atoms with Crippen LogP contribution in [0.2, 0.25) is 0 Å². The molecule has 0 atom stereocenters. The number of benzene rings is 2. The first kappa shape index (κ1) is 22.3. The molecule has 0 unspecified atom stereocenters. The fourth-order valence-electron chi connectivity index (χ4n) is 4.04. The van der Waals surface area contributed by atoms with Crippen molar-refractivity contribution in [1.29, 1.82) is 0 Å². The summed E-state index contributed by atoms with van der Waals surface area (Å²) in [7, 11) is 7.88. The Morgan fingerprint density at radius 3 is 2.00 bits per heavy atom. The van der Waals surface area contributed by atoms with Gasteiger partial charge in [-0.3, -0.25) is 9.89 Å². The molecule has 1 N–H and O–H groups in total. The number of carbonyl (C=O) groups excluding carboxylic acids is 1. The maximum absolute atomic E-state index is 13.2. The molecule has 1 amide bonds. The van der Waals surface area contributed by atoms with Gasteiger partial charge in [-0.05, 0) is 47.9 Å². The second kappa shape index (κ2) is 9.32. The zero-order valence-corrected chi connectivity index (χ0v) is 19.4. The van der Waals surface area contributed by atoms with Gasteiger partial charge < -0.3 is 28.6 Å². The summed E-state index contributed by atoms with van der Waals surface area (Å²) in [6, 6.07) is 9.23. The van der Waals surface area contributed by atoms with E-state index in [0.717, 1.165) is 23.1 Å². The Morgan fingerprint density at radius 1 is 0.818 bits per heavy atom. The number of nitrogens with zero attached hydrogens (tertiary/aromatic N) is 2. The molecule has 1 aromatic heterocycles. The Balaban J connectivity index is 1.58. The normalized spacial score (nSPS) is 12.7. The first-order valence-electron chi connectivity index (χ1n) is 10.4. The second-order valence-corrected chi connectivity index (χ2v) is 7.53. The Bertz CT molecular complexity index is 1150. The van der Waals surface area contributed by atoms with Gasteiger partial charge in [-0.15, -0.1) is 0 Å². The lowest BCUT2D eigenvalue weighted by atomic mass is 9.98. The summed E-state index contributed by atoms with van der Waals surface area (Å²) in [5, 5.41) is 7.21. The Labute approximate surface area is 192 Å². The van der Waals surface area contributed by atoms with Crippen LogP contribution in [0.1, 0.15) is 21.6 Å². The van der Waals surface area contributed by atoms with E-state index in [-0.39, 0.29) is 5.91 Å². The van der Waals surface area contributed by atoms with Gasteiger partial charge in [-0.1, -0.05) is 0 Å². The van der Waals surface area contributed by atoms with Crippen LogP contribution >= 0.6 is 0 Å². The number of ether oxygens (including phenoxy) is 5. The lowest BCUT2D eigenvalue weighted by Crippen LogP contribution is -2.36. The Morgan fingerprint density at radius 2 is 1.42 bits per heavy atom. The molecular weight excluding hydrogens is 426 g/mol. The Kier molecular flexibility index (Phi) is 6.30. The zero-order chi connectivity index (χ0) is 23.5. The summed E-state index contributed by atoms with van der Waals surface area (Å²) < 4.78 is 27.0. The summed E-state index contributed by atoms with van der Waals surface area (Å²) >= 11 is 0. The molecule has 2 heterocycles. The van der Waals surface area contributed by atoms with Crippen LogP contribution in [0.3, 0.4) is 0 Å². The molecule has 2 aromatic carbocycles. The number of fused-ring (bicyclic) bond motifs is 1. The third-order valence-electron chi connectivity index (χ3n) is 5.77. The number of hydrogen-bond donors (Lipinski definition) is 1. The van der Waals surface area contributed by atoms with Crippen molar-refractivity contribution in [3.63, 3.8) is 0 Å². The van der Waals surface area contributed by atoms with Crippen molar-refractivity contribution in [1.82, 2.24) is 15.1 Å². The van der Waals surface area contributed by atoms with Gasteiger partial charge in [0, 0.05) is 18.7 Å². The molecule has 1 aliphatic heterocycles. The third kappa shape index (κ3) is 4.13. The van der Waals surface area contributed by atoms with E-state index in [1.165, 1.54) is 0 Å². The molecule has 9 nitrogen and oxygen atoms in total. The van der Waals surface area contributed by atoms with Crippen LogP contribution in [0.15, 0.2) is 30.3 Å². The number of rotatable bonds is 7. The van der Waals surface area contributed by atoms with Gasteiger partial charge in [0.05, 0.1) is 41.2 Å². The van der Waals surface area contributed by atoms with Gasteiger partial charge in [0.15, 0.2) is 23.0 Å². The van der Waals surface area contributed by atoms with E-state index in [4.69, 9.17) is 23.7 Å². The summed E-state index contributed by atoms with van der Waals surface area (Å²) in [5.41, 5.74) is 3.93. The molecule has 33 heavy (non-hydrogen) atoms. The summed E-state index contributed by atoms with van der Waals surface area (Å²) in [6.07, 6.45) is 0.731. The number of hydrogen-bond acceptors (Lipinski definition) is 7. The van der Waals surface area contributed by atoms with Crippen molar-refractivity contribution >= 4 is 5.91 Å². The van der Waals surface area contributed by atoms with E-state index >= 15 is 0 Å². The van der Waals surface area contributed by atoms with Crippen molar-refractivity contribution in [3.05, 3.63) is 47.2 Å². The number of aromatic amines is 1. The summed E-state index contributed by atoms with van der Waals surface area (Å²) in [4.78, 5) is 15.0. The number of nitrogens with one attached hydrogen (secondary N) is 1. The molecule has 0 saturated heterocycles. The molecule has 0 bridgehead atoms. The maximum atomic E-state index is 13.2. The standard InChI is InChI=1S/C24H27N3O6/c1-29-19-8-14-6-7-27(13-16(14)11-20(19)30-2)24(28)18-12-17(25-26-18)15-9-21(31-3)23(33-5)22(10-15)32-4/h8-12H,6-7,13H2,1-5H3,(H,25,26). The van der Waals surface area contributed by atoms with E-state index in [1.807, 2.05) is 12.1 Å². The summed E-state index contributed by atoms with van der Waals surface area (Å²) in [5.74, 6) is 2.74. The minimum atomic E-state index is -0.123. The van der Waals surface area contributed by atoms with Gasteiger partial charge in [0.1, 0.15) is 5.69 Å². The Hall–Kier alpha value is -3.88. The van der Waals surface area contributed by atoms with Crippen LogP contribution in [-0.4, -0.2) is 63.1 Å². The molecule has 1 aliphatic rings. The number of aromatic nitrogens is 2. The molecule has 0 spiro atoms. The third-order valence-corrected chi connectivity index (χ3v) is 5.77. The van der Waals surface area contributed by atoms with Crippen molar-refractivity contribution in [2.24, 2.45) is 0 Å². The molecule has 9 heteroatoms. The highest BCUT2D eigenvalue weighted by atomic mass is 16.5. The average Bonchev–Trinajstić information content (AvgIpc) is 3.36.